The van der Waals surface area contributed by atoms with Crippen LogP contribution < -0.4 is 16.6 Å². The number of pyridine rings is 1. The van der Waals surface area contributed by atoms with Crippen molar-refractivity contribution in [2.75, 3.05) is 5.73 Å². The summed E-state index contributed by atoms with van der Waals surface area (Å²) in [6.45, 7) is 1.69. The molecule has 0 unspecified atom stereocenters. The Labute approximate surface area is 128 Å². The molecule has 0 aliphatic carbocycles. The maximum absolute atomic E-state index is 12.4. The molecule has 4 rings (SSSR count). The lowest BCUT2D eigenvalue weighted by Crippen LogP contribution is -2.24. The number of nitrogen functional groups attached to an aromatic ring is 1. The summed E-state index contributed by atoms with van der Waals surface area (Å²) in [6, 6.07) is 6.14. The van der Waals surface area contributed by atoms with E-state index in [2.05, 4.69) is 10.3 Å². The lowest BCUT2D eigenvalue weighted by atomic mass is 10.1. The number of anilines is 1. The van der Waals surface area contributed by atoms with Gasteiger partial charge in [0.15, 0.2) is 11.5 Å². The molecule has 1 aliphatic heterocycles. The summed E-state index contributed by atoms with van der Waals surface area (Å²) < 4.78 is 6.59. The molecule has 0 fully saturated rings. The average Bonchev–Trinajstić information content (AvgIpc) is 2.99. The molecule has 8 nitrogen and oxygen atoms in total. The number of oxazole rings is 1. The topological polar surface area (TPSA) is 120 Å². The lowest BCUT2D eigenvalue weighted by Gasteiger charge is -2.11. The zero-order valence-electron chi connectivity index (χ0n) is 11.9. The highest BCUT2D eigenvalue weighted by molar-refractivity contribution is 6.23. The van der Waals surface area contributed by atoms with Crippen LogP contribution in [0.25, 0.3) is 16.8 Å². The molecule has 0 saturated heterocycles. The molecule has 8 heteroatoms. The number of nitrogens with one attached hydrogen (secondary N) is 1. The summed E-state index contributed by atoms with van der Waals surface area (Å²) in [6.07, 6.45) is 0. The summed E-state index contributed by atoms with van der Waals surface area (Å²) in [4.78, 5) is 40.3. The SMILES string of the molecule is Cc1nc2c(-n3c(N)c4c(cc3=O)C(=O)NC4=O)cccc2o1. The van der Waals surface area contributed by atoms with E-state index in [-0.39, 0.29) is 16.9 Å². The van der Waals surface area contributed by atoms with Crippen molar-refractivity contribution in [2.45, 2.75) is 6.92 Å². The molecule has 114 valence electrons. The number of hydrogen-bond donors (Lipinski definition) is 2. The fourth-order valence-corrected chi connectivity index (χ4v) is 2.75. The number of fused-ring (bicyclic) bond motifs is 2. The normalized spacial score (nSPS) is 13.4. The van der Waals surface area contributed by atoms with Crippen molar-refractivity contribution in [3.63, 3.8) is 0 Å². The second kappa shape index (κ2) is 4.29. The van der Waals surface area contributed by atoms with Crippen LogP contribution in [-0.4, -0.2) is 21.4 Å². The Bertz CT molecular complexity index is 1080. The zero-order valence-corrected chi connectivity index (χ0v) is 11.9. The monoisotopic (exact) mass is 310 g/mol. The van der Waals surface area contributed by atoms with Gasteiger partial charge in [-0.25, -0.2) is 4.98 Å². The predicted octanol–water partition coefficient (Wildman–Crippen LogP) is 0.753. The Hall–Kier alpha value is -3.42. The van der Waals surface area contributed by atoms with Gasteiger partial charge in [-0.3, -0.25) is 24.3 Å². The third-order valence-electron chi connectivity index (χ3n) is 3.70. The second-order valence-electron chi connectivity index (χ2n) is 5.13. The number of aromatic nitrogens is 2. The van der Waals surface area contributed by atoms with Crippen LogP contribution in [0, 0.1) is 6.92 Å². The molecule has 2 aromatic heterocycles. The number of nitrogens with two attached hydrogens (primary N) is 1. The Kier molecular flexibility index (Phi) is 2.47. The fourth-order valence-electron chi connectivity index (χ4n) is 2.75. The van der Waals surface area contributed by atoms with E-state index in [4.69, 9.17) is 10.2 Å². The first-order valence-corrected chi connectivity index (χ1v) is 6.75. The summed E-state index contributed by atoms with van der Waals surface area (Å²) in [5.74, 6) is -0.923. The van der Waals surface area contributed by atoms with Gasteiger partial charge in [0.05, 0.1) is 16.8 Å². The van der Waals surface area contributed by atoms with E-state index < -0.39 is 17.4 Å². The number of rotatable bonds is 1. The van der Waals surface area contributed by atoms with Crippen molar-refractivity contribution in [3.8, 4) is 5.69 Å². The number of hydrogen-bond acceptors (Lipinski definition) is 6. The van der Waals surface area contributed by atoms with E-state index in [1.54, 1.807) is 25.1 Å². The number of aryl methyl sites for hydroxylation is 1. The predicted molar refractivity (Wildman–Crippen MR) is 80.6 cm³/mol. The van der Waals surface area contributed by atoms with Gasteiger partial charge in [0.1, 0.15) is 11.3 Å². The minimum atomic E-state index is -0.628. The summed E-state index contributed by atoms with van der Waals surface area (Å²) in [5.41, 5.74) is 6.78. The van der Waals surface area contributed by atoms with Gasteiger partial charge in [0.25, 0.3) is 17.4 Å². The zero-order chi connectivity index (χ0) is 16.3. The lowest BCUT2D eigenvalue weighted by molar-refractivity contribution is 0.0880. The van der Waals surface area contributed by atoms with Crippen LogP contribution in [0.1, 0.15) is 26.6 Å². The Morgan fingerprint density at radius 1 is 1.22 bits per heavy atom. The number of carbonyl (C=O) groups excluding carboxylic acids is 2. The van der Waals surface area contributed by atoms with Crippen molar-refractivity contribution in [3.05, 3.63) is 51.6 Å². The van der Waals surface area contributed by atoms with E-state index in [9.17, 15) is 14.4 Å². The van der Waals surface area contributed by atoms with Crippen molar-refractivity contribution < 1.29 is 14.0 Å². The molecular weight excluding hydrogens is 300 g/mol. The number of amides is 2. The van der Waals surface area contributed by atoms with E-state index >= 15 is 0 Å². The van der Waals surface area contributed by atoms with E-state index in [0.717, 1.165) is 10.6 Å². The Morgan fingerprint density at radius 3 is 2.78 bits per heavy atom. The third-order valence-corrected chi connectivity index (χ3v) is 3.70. The third kappa shape index (κ3) is 1.71. The molecule has 3 N–H and O–H groups in total. The van der Waals surface area contributed by atoms with Crippen LogP contribution in [0.5, 0.6) is 0 Å². The molecule has 0 atom stereocenters. The molecule has 0 saturated carbocycles. The van der Waals surface area contributed by atoms with Gasteiger partial charge in [0, 0.05) is 13.0 Å². The van der Waals surface area contributed by atoms with Crippen LogP contribution in [0.15, 0.2) is 33.5 Å². The van der Waals surface area contributed by atoms with Gasteiger partial charge >= 0.3 is 0 Å². The van der Waals surface area contributed by atoms with Gasteiger partial charge in [-0.15, -0.1) is 0 Å². The first-order chi connectivity index (χ1) is 11.0. The first kappa shape index (κ1) is 13.3. The van der Waals surface area contributed by atoms with Crippen LogP contribution in [0.4, 0.5) is 5.82 Å². The van der Waals surface area contributed by atoms with Crippen LogP contribution >= 0.6 is 0 Å². The average molecular weight is 310 g/mol. The number of imide groups is 1. The molecule has 2 amide bonds. The van der Waals surface area contributed by atoms with Crippen molar-refractivity contribution in [1.29, 1.82) is 0 Å². The molecule has 23 heavy (non-hydrogen) atoms. The second-order valence-corrected chi connectivity index (χ2v) is 5.13. The van der Waals surface area contributed by atoms with Crippen molar-refractivity contribution in [1.82, 2.24) is 14.9 Å². The largest absolute Gasteiger partial charge is 0.441 e. The molecule has 0 radical (unpaired) electrons. The number of nitrogens with zero attached hydrogens (tertiary/aromatic N) is 2. The number of para-hydroxylation sites is 1. The highest BCUT2D eigenvalue weighted by atomic mass is 16.3. The summed E-state index contributed by atoms with van der Waals surface area (Å²) in [7, 11) is 0. The maximum atomic E-state index is 12.4. The standard InChI is InChI=1S/C15H10N4O4/c1-6-17-12-8(3-2-4-9(12)23-6)19-10(20)5-7-11(13(19)16)15(22)18-14(7)21/h2-5H,16H2,1H3,(H,18,21,22). The van der Waals surface area contributed by atoms with Crippen LogP contribution in [-0.2, 0) is 0 Å². The fraction of sp³-hybridized carbons (Fsp3) is 0.0667. The van der Waals surface area contributed by atoms with Gasteiger partial charge < -0.3 is 10.2 Å². The van der Waals surface area contributed by atoms with Gasteiger partial charge in [-0.1, -0.05) is 6.07 Å². The van der Waals surface area contributed by atoms with E-state index in [1.165, 1.54) is 0 Å². The van der Waals surface area contributed by atoms with Gasteiger partial charge in [-0.2, -0.15) is 0 Å². The van der Waals surface area contributed by atoms with Gasteiger partial charge in [0.2, 0.25) is 0 Å². The molecule has 0 bridgehead atoms. The van der Waals surface area contributed by atoms with Crippen LogP contribution in [0.3, 0.4) is 0 Å². The highest BCUT2D eigenvalue weighted by Gasteiger charge is 2.32. The smallest absolute Gasteiger partial charge is 0.262 e. The van der Waals surface area contributed by atoms with Crippen molar-refractivity contribution in [2.24, 2.45) is 0 Å². The van der Waals surface area contributed by atoms with Crippen molar-refractivity contribution >= 4 is 28.7 Å². The molecule has 3 aromatic rings. The van der Waals surface area contributed by atoms with Gasteiger partial charge in [-0.05, 0) is 12.1 Å². The van der Waals surface area contributed by atoms with E-state index in [0.29, 0.717) is 22.7 Å². The number of benzene rings is 1. The molecule has 3 heterocycles. The number of carbonyl (C=O) groups is 2. The molecule has 0 spiro atoms. The highest BCUT2D eigenvalue weighted by Crippen LogP contribution is 2.27. The first-order valence-electron chi connectivity index (χ1n) is 6.75. The molecule has 1 aliphatic rings. The van der Waals surface area contributed by atoms with E-state index in [1.807, 2.05) is 0 Å². The molecule has 1 aromatic carbocycles. The summed E-state index contributed by atoms with van der Waals surface area (Å²) in [5, 5.41) is 2.13. The quantitative estimate of drug-likeness (QED) is 0.640. The Morgan fingerprint density at radius 2 is 2.00 bits per heavy atom. The molecular formula is C15H10N4O4. The van der Waals surface area contributed by atoms with Crippen LogP contribution in [0.2, 0.25) is 0 Å². The maximum Gasteiger partial charge on any atom is 0.262 e. The Balaban J connectivity index is 2.11. The summed E-state index contributed by atoms with van der Waals surface area (Å²) >= 11 is 0. The minimum Gasteiger partial charge on any atom is -0.441 e. The minimum absolute atomic E-state index is 0.00757.